The Bertz CT molecular complexity index is 298. The monoisotopic (exact) mass is 225 g/mol. The van der Waals surface area contributed by atoms with Gasteiger partial charge in [-0.05, 0) is 31.7 Å². The zero-order valence-electron chi connectivity index (χ0n) is 10.5. The molecule has 2 atom stereocenters. The average Bonchev–Trinajstić information content (AvgIpc) is 2.74. The van der Waals surface area contributed by atoms with Crippen molar-refractivity contribution in [2.45, 2.75) is 45.2 Å². The van der Waals surface area contributed by atoms with Gasteiger partial charge in [0.05, 0.1) is 12.2 Å². The molecule has 1 heterocycles. The fourth-order valence-corrected chi connectivity index (χ4v) is 1.59. The largest absolute Gasteiger partial charge is 0.385 e. The van der Waals surface area contributed by atoms with Crippen molar-refractivity contribution in [3.05, 3.63) is 18.0 Å². The van der Waals surface area contributed by atoms with Crippen LogP contribution in [0.5, 0.6) is 0 Å². The summed E-state index contributed by atoms with van der Waals surface area (Å²) in [6.07, 6.45) is 6.91. The van der Waals surface area contributed by atoms with E-state index in [0.29, 0.717) is 6.04 Å². The predicted octanol–water partition coefficient (Wildman–Crippen LogP) is 1.76. The van der Waals surface area contributed by atoms with Crippen molar-refractivity contribution in [1.29, 1.82) is 0 Å². The first kappa shape index (κ1) is 13.2. The lowest BCUT2D eigenvalue weighted by Gasteiger charge is -2.11. The van der Waals surface area contributed by atoms with Crippen molar-refractivity contribution >= 4 is 0 Å². The first-order valence-corrected chi connectivity index (χ1v) is 5.94. The smallest absolute Gasteiger partial charge is 0.0522 e. The summed E-state index contributed by atoms with van der Waals surface area (Å²) in [6.45, 7) is 5.02. The van der Waals surface area contributed by atoms with Crippen molar-refractivity contribution in [2.24, 2.45) is 5.73 Å². The van der Waals surface area contributed by atoms with Crippen LogP contribution in [0.2, 0.25) is 0 Å². The van der Waals surface area contributed by atoms with Gasteiger partial charge in [0.1, 0.15) is 0 Å². The van der Waals surface area contributed by atoms with Crippen LogP contribution >= 0.6 is 0 Å². The summed E-state index contributed by atoms with van der Waals surface area (Å²) >= 11 is 0. The van der Waals surface area contributed by atoms with Crippen LogP contribution in [0.25, 0.3) is 0 Å². The Hall–Kier alpha value is -0.870. The third-order valence-electron chi connectivity index (χ3n) is 2.87. The molecule has 4 heteroatoms. The lowest BCUT2D eigenvalue weighted by molar-refractivity contribution is 0.178. The van der Waals surface area contributed by atoms with Crippen molar-refractivity contribution in [3.63, 3.8) is 0 Å². The van der Waals surface area contributed by atoms with Crippen LogP contribution in [-0.4, -0.2) is 29.5 Å². The van der Waals surface area contributed by atoms with E-state index in [1.807, 2.05) is 10.9 Å². The number of rotatable bonds is 7. The van der Waals surface area contributed by atoms with Gasteiger partial charge < -0.3 is 10.5 Å². The van der Waals surface area contributed by atoms with Crippen molar-refractivity contribution in [2.75, 3.05) is 13.7 Å². The fraction of sp³-hybridized carbons (Fsp3) is 0.750. The van der Waals surface area contributed by atoms with E-state index in [1.165, 1.54) is 5.56 Å². The molecule has 0 saturated heterocycles. The summed E-state index contributed by atoms with van der Waals surface area (Å²) in [5.41, 5.74) is 7.13. The molecule has 0 amide bonds. The Morgan fingerprint density at radius 3 is 2.94 bits per heavy atom. The normalized spacial score (nSPS) is 15.0. The van der Waals surface area contributed by atoms with Gasteiger partial charge in [0, 0.05) is 26.0 Å². The zero-order chi connectivity index (χ0) is 12.0. The molecule has 0 spiro atoms. The first-order valence-electron chi connectivity index (χ1n) is 5.94. The summed E-state index contributed by atoms with van der Waals surface area (Å²) in [4.78, 5) is 0. The van der Waals surface area contributed by atoms with E-state index in [2.05, 4.69) is 25.1 Å². The molecule has 4 nitrogen and oxygen atoms in total. The molecule has 0 saturated carbocycles. The molecular weight excluding hydrogens is 202 g/mol. The Kier molecular flexibility index (Phi) is 5.49. The maximum absolute atomic E-state index is 5.91. The molecule has 0 aliphatic heterocycles. The molecule has 1 aromatic rings. The van der Waals surface area contributed by atoms with Crippen LogP contribution in [0.4, 0.5) is 0 Å². The zero-order valence-corrected chi connectivity index (χ0v) is 10.5. The van der Waals surface area contributed by atoms with Gasteiger partial charge >= 0.3 is 0 Å². The van der Waals surface area contributed by atoms with E-state index in [-0.39, 0.29) is 6.04 Å². The number of ether oxygens (including phenoxy) is 1. The quantitative estimate of drug-likeness (QED) is 0.769. The number of hydrogen-bond donors (Lipinski definition) is 1. The molecule has 1 aromatic heterocycles. The second-order valence-corrected chi connectivity index (χ2v) is 4.33. The van der Waals surface area contributed by atoms with Crippen molar-refractivity contribution in [3.8, 4) is 0 Å². The standard InChI is InChI=1S/C12H23N3O/c1-4-12(13)7-11-8-14-15(9-11)10(2)5-6-16-3/h8-10,12H,4-7,13H2,1-3H3. The van der Waals surface area contributed by atoms with Crippen LogP contribution < -0.4 is 5.73 Å². The number of methoxy groups -OCH3 is 1. The van der Waals surface area contributed by atoms with Gasteiger partial charge in [-0.25, -0.2) is 0 Å². The highest BCUT2D eigenvalue weighted by molar-refractivity contribution is 5.06. The highest BCUT2D eigenvalue weighted by Gasteiger charge is 2.08. The molecule has 92 valence electrons. The summed E-state index contributed by atoms with van der Waals surface area (Å²) in [5.74, 6) is 0. The first-order chi connectivity index (χ1) is 7.67. The third kappa shape index (κ3) is 3.94. The lowest BCUT2D eigenvalue weighted by atomic mass is 10.1. The Morgan fingerprint density at radius 2 is 2.31 bits per heavy atom. The summed E-state index contributed by atoms with van der Waals surface area (Å²) in [5, 5.41) is 4.36. The van der Waals surface area contributed by atoms with Gasteiger partial charge in [-0.2, -0.15) is 5.10 Å². The number of nitrogens with two attached hydrogens (primary N) is 1. The summed E-state index contributed by atoms with van der Waals surface area (Å²) < 4.78 is 7.06. The molecule has 0 aliphatic carbocycles. The molecule has 1 rings (SSSR count). The number of nitrogens with zero attached hydrogens (tertiary/aromatic N) is 2. The molecule has 0 bridgehead atoms. The van der Waals surface area contributed by atoms with Gasteiger partial charge in [0.25, 0.3) is 0 Å². The molecule has 16 heavy (non-hydrogen) atoms. The average molecular weight is 225 g/mol. The third-order valence-corrected chi connectivity index (χ3v) is 2.87. The van der Waals surface area contributed by atoms with Crippen molar-refractivity contribution in [1.82, 2.24) is 9.78 Å². The molecule has 0 aliphatic rings. The topological polar surface area (TPSA) is 53.1 Å². The van der Waals surface area contributed by atoms with Crippen molar-refractivity contribution < 1.29 is 4.74 Å². The van der Waals surface area contributed by atoms with E-state index >= 15 is 0 Å². The Labute approximate surface area is 97.8 Å². The Morgan fingerprint density at radius 1 is 1.56 bits per heavy atom. The highest BCUT2D eigenvalue weighted by Crippen LogP contribution is 2.12. The minimum atomic E-state index is 0.243. The molecule has 0 radical (unpaired) electrons. The number of hydrogen-bond acceptors (Lipinski definition) is 3. The minimum absolute atomic E-state index is 0.243. The maximum Gasteiger partial charge on any atom is 0.0522 e. The Balaban J connectivity index is 2.50. The second-order valence-electron chi connectivity index (χ2n) is 4.33. The van der Waals surface area contributed by atoms with E-state index in [9.17, 15) is 0 Å². The molecular formula is C12H23N3O. The summed E-state index contributed by atoms with van der Waals surface area (Å²) in [6, 6.07) is 0.624. The van der Waals surface area contributed by atoms with Crippen LogP contribution in [0.1, 0.15) is 38.3 Å². The molecule has 0 aromatic carbocycles. The van der Waals surface area contributed by atoms with Gasteiger partial charge in [0.15, 0.2) is 0 Å². The maximum atomic E-state index is 5.91. The van der Waals surface area contributed by atoms with E-state index in [4.69, 9.17) is 10.5 Å². The van der Waals surface area contributed by atoms with Gasteiger partial charge in [-0.1, -0.05) is 6.92 Å². The molecule has 2 N–H and O–H groups in total. The van der Waals surface area contributed by atoms with E-state index in [1.54, 1.807) is 7.11 Å². The van der Waals surface area contributed by atoms with Gasteiger partial charge in [-0.3, -0.25) is 4.68 Å². The minimum Gasteiger partial charge on any atom is -0.385 e. The molecule has 0 fully saturated rings. The van der Waals surface area contributed by atoms with Gasteiger partial charge in [-0.15, -0.1) is 0 Å². The van der Waals surface area contributed by atoms with Crippen LogP contribution in [0, 0.1) is 0 Å². The SMILES string of the molecule is CCC(N)Cc1cnn(C(C)CCOC)c1. The summed E-state index contributed by atoms with van der Waals surface area (Å²) in [7, 11) is 1.72. The molecule has 2 unspecified atom stereocenters. The fourth-order valence-electron chi connectivity index (χ4n) is 1.59. The lowest BCUT2D eigenvalue weighted by Crippen LogP contribution is -2.21. The van der Waals surface area contributed by atoms with Gasteiger partial charge in [0.2, 0.25) is 0 Å². The number of aromatic nitrogens is 2. The van der Waals surface area contributed by atoms with Crippen LogP contribution in [0.3, 0.4) is 0 Å². The predicted molar refractivity (Wildman–Crippen MR) is 65.4 cm³/mol. The van der Waals surface area contributed by atoms with Crippen LogP contribution in [-0.2, 0) is 11.2 Å². The van der Waals surface area contributed by atoms with Crippen LogP contribution in [0.15, 0.2) is 12.4 Å². The second kappa shape index (κ2) is 6.66. The highest BCUT2D eigenvalue weighted by atomic mass is 16.5. The van der Waals surface area contributed by atoms with E-state index in [0.717, 1.165) is 25.9 Å². The van der Waals surface area contributed by atoms with E-state index < -0.39 is 0 Å².